The summed E-state index contributed by atoms with van der Waals surface area (Å²) < 4.78 is 26.0. The Morgan fingerprint density at radius 1 is 1.13 bits per heavy atom. The maximum absolute atomic E-state index is 13.0. The van der Waals surface area contributed by atoms with Crippen LogP contribution in [0.2, 0.25) is 0 Å². The Labute approximate surface area is 89.3 Å². The van der Waals surface area contributed by atoms with Crippen molar-refractivity contribution in [2.75, 3.05) is 0 Å². The minimum Gasteiger partial charge on any atom is -0.207 e. The molecular formula is C13H14F2. The molecule has 0 N–H and O–H groups in total. The summed E-state index contributed by atoms with van der Waals surface area (Å²) in [4.78, 5) is 0. The van der Waals surface area contributed by atoms with Crippen LogP contribution in [0.1, 0.15) is 32.3 Å². The van der Waals surface area contributed by atoms with E-state index in [1.54, 1.807) is 0 Å². The number of hydrogen-bond donors (Lipinski definition) is 0. The van der Waals surface area contributed by atoms with E-state index >= 15 is 0 Å². The summed E-state index contributed by atoms with van der Waals surface area (Å²) in [5.74, 6) is 1.11. The van der Waals surface area contributed by atoms with Gasteiger partial charge in [0.25, 0.3) is 0 Å². The zero-order valence-electron chi connectivity index (χ0n) is 9.14. The summed E-state index contributed by atoms with van der Waals surface area (Å²) in [6.45, 7) is 5.83. The lowest BCUT2D eigenvalue weighted by atomic mass is 9.77. The molecule has 0 spiro atoms. The van der Waals surface area contributed by atoms with E-state index in [0.717, 1.165) is 6.07 Å². The fourth-order valence-corrected chi connectivity index (χ4v) is 1.59. The second-order valence-corrected chi connectivity index (χ2v) is 4.67. The number of rotatable bonds is 1. The lowest BCUT2D eigenvalue weighted by Crippen LogP contribution is -2.17. The van der Waals surface area contributed by atoms with Crippen molar-refractivity contribution in [1.29, 1.82) is 0 Å². The van der Waals surface area contributed by atoms with Crippen LogP contribution >= 0.6 is 0 Å². The maximum Gasteiger partial charge on any atom is 0.126 e. The molecule has 1 aromatic carbocycles. The van der Waals surface area contributed by atoms with E-state index in [4.69, 9.17) is 6.42 Å². The normalized spacial score (nSPS) is 13.3. The maximum atomic E-state index is 13.0. The second kappa shape index (κ2) is 4.02. The molecule has 2 heteroatoms. The SMILES string of the molecule is C#CC(c1cc(F)cc(F)c1)C(C)(C)C. The van der Waals surface area contributed by atoms with Crippen LogP contribution in [-0.2, 0) is 0 Å². The number of terminal acetylenes is 1. The van der Waals surface area contributed by atoms with Gasteiger partial charge < -0.3 is 0 Å². The molecule has 0 saturated heterocycles. The van der Waals surface area contributed by atoms with E-state index in [9.17, 15) is 8.78 Å². The molecule has 80 valence electrons. The summed E-state index contributed by atoms with van der Waals surface area (Å²) >= 11 is 0. The monoisotopic (exact) mass is 208 g/mol. The van der Waals surface area contributed by atoms with Crippen LogP contribution < -0.4 is 0 Å². The largest absolute Gasteiger partial charge is 0.207 e. The molecule has 0 fully saturated rings. The first-order valence-electron chi connectivity index (χ1n) is 4.76. The molecule has 0 aliphatic heterocycles. The predicted octanol–water partition coefficient (Wildman–Crippen LogP) is 3.73. The van der Waals surface area contributed by atoms with Gasteiger partial charge in [-0.15, -0.1) is 6.42 Å². The van der Waals surface area contributed by atoms with Gasteiger partial charge in [0.1, 0.15) is 11.6 Å². The van der Waals surface area contributed by atoms with Gasteiger partial charge in [-0.05, 0) is 23.1 Å². The molecule has 1 unspecified atom stereocenters. The summed E-state index contributed by atoms with van der Waals surface area (Å²) in [6.07, 6.45) is 5.40. The highest BCUT2D eigenvalue weighted by Crippen LogP contribution is 2.34. The van der Waals surface area contributed by atoms with E-state index < -0.39 is 11.6 Å². The smallest absolute Gasteiger partial charge is 0.126 e. The van der Waals surface area contributed by atoms with Gasteiger partial charge in [-0.25, -0.2) is 8.78 Å². The van der Waals surface area contributed by atoms with Gasteiger partial charge in [-0.2, -0.15) is 0 Å². The van der Waals surface area contributed by atoms with Crippen molar-refractivity contribution >= 4 is 0 Å². The lowest BCUT2D eigenvalue weighted by molar-refractivity contribution is 0.373. The van der Waals surface area contributed by atoms with E-state index in [2.05, 4.69) is 5.92 Å². The highest BCUT2D eigenvalue weighted by Gasteiger charge is 2.25. The van der Waals surface area contributed by atoms with Crippen LogP contribution in [0, 0.1) is 29.4 Å². The average molecular weight is 208 g/mol. The third-order valence-corrected chi connectivity index (χ3v) is 2.25. The van der Waals surface area contributed by atoms with Crippen LogP contribution in [0.25, 0.3) is 0 Å². The molecular weight excluding hydrogens is 194 g/mol. The van der Waals surface area contributed by atoms with Gasteiger partial charge in [-0.1, -0.05) is 26.7 Å². The van der Waals surface area contributed by atoms with E-state index in [0.29, 0.717) is 5.56 Å². The summed E-state index contributed by atoms with van der Waals surface area (Å²) in [5, 5.41) is 0. The highest BCUT2D eigenvalue weighted by atomic mass is 19.1. The van der Waals surface area contributed by atoms with Crippen LogP contribution in [0.3, 0.4) is 0 Å². The van der Waals surface area contributed by atoms with Crippen LogP contribution in [0.4, 0.5) is 8.78 Å². The summed E-state index contributed by atoms with van der Waals surface area (Å²) in [5.41, 5.74) is 0.303. The van der Waals surface area contributed by atoms with Crippen LogP contribution in [0.15, 0.2) is 18.2 Å². The molecule has 0 aliphatic rings. The molecule has 1 aromatic rings. The van der Waals surface area contributed by atoms with E-state index in [1.807, 2.05) is 20.8 Å². The van der Waals surface area contributed by atoms with Crippen molar-refractivity contribution in [3.8, 4) is 12.3 Å². The van der Waals surface area contributed by atoms with Crippen molar-refractivity contribution < 1.29 is 8.78 Å². The summed E-state index contributed by atoms with van der Waals surface area (Å²) in [7, 11) is 0. The van der Waals surface area contributed by atoms with Gasteiger partial charge in [-0.3, -0.25) is 0 Å². The van der Waals surface area contributed by atoms with Crippen molar-refractivity contribution in [3.05, 3.63) is 35.4 Å². The van der Waals surface area contributed by atoms with Gasteiger partial charge in [0, 0.05) is 12.0 Å². The number of benzene rings is 1. The molecule has 0 amide bonds. The van der Waals surface area contributed by atoms with Crippen molar-refractivity contribution in [1.82, 2.24) is 0 Å². The average Bonchev–Trinajstić information content (AvgIpc) is 1.99. The Balaban J connectivity index is 3.20. The Kier molecular flexibility index (Phi) is 3.14. The lowest BCUT2D eigenvalue weighted by Gasteiger charge is -2.26. The molecule has 0 heterocycles. The molecule has 0 saturated carbocycles. The topological polar surface area (TPSA) is 0 Å². The van der Waals surface area contributed by atoms with Crippen molar-refractivity contribution in [2.45, 2.75) is 26.7 Å². The fourth-order valence-electron chi connectivity index (χ4n) is 1.59. The van der Waals surface area contributed by atoms with Gasteiger partial charge >= 0.3 is 0 Å². The summed E-state index contributed by atoms with van der Waals surface area (Å²) in [6, 6.07) is 3.43. The van der Waals surface area contributed by atoms with Crippen molar-refractivity contribution in [2.24, 2.45) is 5.41 Å². The molecule has 0 radical (unpaired) electrons. The minimum absolute atomic E-state index is 0.213. The highest BCUT2D eigenvalue weighted by molar-refractivity contribution is 5.30. The standard InChI is InChI=1S/C13H14F2/c1-5-12(13(2,3)4)9-6-10(14)8-11(15)7-9/h1,6-8,12H,2-4H3. The fraction of sp³-hybridized carbons (Fsp3) is 0.385. The molecule has 0 bridgehead atoms. The minimum atomic E-state index is -0.588. The Bertz CT molecular complexity index is 374. The molecule has 15 heavy (non-hydrogen) atoms. The van der Waals surface area contributed by atoms with Gasteiger partial charge in [0.05, 0.1) is 0 Å². The predicted molar refractivity (Wildman–Crippen MR) is 57.4 cm³/mol. The number of halogens is 2. The molecule has 1 atom stereocenters. The Hall–Kier alpha value is -1.36. The zero-order valence-corrected chi connectivity index (χ0v) is 9.14. The third kappa shape index (κ3) is 2.79. The first-order valence-corrected chi connectivity index (χ1v) is 4.76. The zero-order chi connectivity index (χ0) is 11.6. The van der Waals surface area contributed by atoms with Gasteiger partial charge in [0.15, 0.2) is 0 Å². The van der Waals surface area contributed by atoms with E-state index in [1.165, 1.54) is 12.1 Å². The number of hydrogen-bond acceptors (Lipinski definition) is 0. The van der Waals surface area contributed by atoms with Crippen LogP contribution in [0.5, 0.6) is 0 Å². The Morgan fingerprint density at radius 2 is 1.60 bits per heavy atom. The Morgan fingerprint density at radius 3 is 1.93 bits per heavy atom. The van der Waals surface area contributed by atoms with E-state index in [-0.39, 0.29) is 11.3 Å². The quantitative estimate of drug-likeness (QED) is 0.617. The first kappa shape index (κ1) is 11.7. The molecule has 0 aromatic heterocycles. The second-order valence-electron chi connectivity index (χ2n) is 4.67. The molecule has 1 rings (SSSR count). The molecule has 0 nitrogen and oxygen atoms in total. The van der Waals surface area contributed by atoms with Crippen molar-refractivity contribution in [3.63, 3.8) is 0 Å². The van der Waals surface area contributed by atoms with Gasteiger partial charge in [0.2, 0.25) is 0 Å². The molecule has 0 aliphatic carbocycles. The first-order chi connectivity index (χ1) is 6.84. The third-order valence-electron chi connectivity index (χ3n) is 2.25. The van der Waals surface area contributed by atoms with Crippen LogP contribution in [-0.4, -0.2) is 0 Å².